The smallest absolute Gasteiger partial charge is 0.164 e. The summed E-state index contributed by atoms with van der Waals surface area (Å²) >= 11 is 0. The first-order chi connectivity index (χ1) is 26.3. The molecule has 0 atom stereocenters. The summed E-state index contributed by atoms with van der Waals surface area (Å²) in [6.07, 6.45) is 6.11. The molecule has 1 saturated carbocycles. The van der Waals surface area contributed by atoms with Gasteiger partial charge in [-0.1, -0.05) is 159 Å². The maximum absolute atomic E-state index is 5.11. The van der Waals surface area contributed by atoms with Crippen molar-refractivity contribution in [2.75, 3.05) is 0 Å². The molecule has 1 spiro atoms. The highest BCUT2D eigenvalue weighted by Crippen LogP contribution is 2.60. The van der Waals surface area contributed by atoms with E-state index in [2.05, 4.69) is 126 Å². The number of para-hydroxylation sites is 1. The molecule has 1 fully saturated rings. The largest absolute Gasteiger partial charge is 0.309 e. The van der Waals surface area contributed by atoms with Crippen molar-refractivity contribution in [3.05, 3.63) is 169 Å². The molecular weight excluding hydrogens is 645 g/mol. The van der Waals surface area contributed by atoms with E-state index in [1.54, 1.807) is 0 Å². The molecule has 2 aromatic heterocycles. The topological polar surface area (TPSA) is 43.6 Å². The van der Waals surface area contributed by atoms with Crippen molar-refractivity contribution in [1.82, 2.24) is 19.5 Å². The standard InChI is InChI=1S/C49H36N4/c1-4-17-32(18-5-1)46-50-47(33-19-6-2-7-20-33)52-48(51-46)34-21-16-22-35(31-34)53-41-28-13-11-26-39(41)43-37-24-9-8-23-36(37)42-38-25-10-12-27-40(38)49(44(42)45(43)53)29-14-3-15-30-49/h1-2,4-13,16-28,31H,3,14-15,29-30H2. The molecule has 2 aliphatic carbocycles. The molecule has 7 aromatic carbocycles. The van der Waals surface area contributed by atoms with Gasteiger partial charge in [0.2, 0.25) is 0 Å². The quantitative estimate of drug-likeness (QED) is 0.186. The van der Waals surface area contributed by atoms with E-state index in [0.717, 1.165) is 22.4 Å². The first kappa shape index (κ1) is 30.3. The molecule has 0 unspecified atom stereocenters. The first-order valence-electron chi connectivity index (χ1n) is 18.8. The summed E-state index contributed by atoms with van der Waals surface area (Å²) in [7, 11) is 0. The van der Waals surface area contributed by atoms with E-state index >= 15 is 0 Å². The average molecular weight is 681 g/mol. The second-order valence-electron chi connectivity index (χ2n) is 14.6. The van der Waals surface area contributed by atoms with Gasteiger partial charge in [-0.05, 0) is 64.1 Å². The van der Waals surface area contributed by atoms with Crippen LogP contribution in [0.3, 0.4) is 0 Å². The van der Waals surface area contributed by atoms with E-state index in [-0.39, 0.29) is 5.41 Å². The Morgan fingerprint density at radius 3 is 1.75 bits per heavy atom. The number of aromatic nitrogens is 4. The average Bonchev–Trinajstić information content (AvgIpc) is 3.72. The first-order valence-corrected chi connectivity index (χ1v) is 18.8. The second-order valence-corrected chi connectivity index (χ2v) is 14.6. The molecule has 0 bridgehead atoms. The third-order valence-electron chi connectivity index (χ3n) is 11.8. The summed E-state index contributed by atoms with van der Waals surface area (Å²) in [5, 5.41) is 5.30. The van der Waals surface area contributed by atoms with Gasteiger partial charge in [-0.15, -0.1) is 0 Å². The Hall–Kier alpha value is -6.39. The van der Waals surface area contributed by atoms with Crippen LogP contribution in [-0.4, -0.2) is 19.5 Å². The van der Waals surface area contributed by atoms with Gasteiger partial charge in [-0.25, -0.2) is 15.0 Å². The van der Waals surface area contributed by atoms with Crippen LogP contribution in [0.4, 0.5) is 0 Å². The predicted molar refractivity (Wildman–Crippen MR) is 217 cm³/mol. The highest BCUT2D eigenvalue weighted by Gasteiger charge is 2.46. The lowest BCUT2D eigenvalue weighted by atomic mass is 9.67. The second kappa shape index (κ2) is 11.8. The van der Waals surface area contributed by atoms with Gasteiger partial charge in [-0.2, -0.15) is 0 Å². The molecule has 0 N–H and O–H groups in total. The van der Waals surface area contributed by atoms with Crippen LogP contribution in [0.5, 0.6) is 0 Å². The van der Waals surface area contributed by atoms with Gasteiger partial charge in [0.15, 0.2) is 17.5 Å². The molecule has 0 aliphatic heterocycles. The summed E-state index contributed by atoms with van der Waals surface area (Å²) < 4.78 is 2.55. The van der Waals surface area contributed by atoms with Crippen molar-refractivity contribution < 1.29 is 0 Å². The third-order valence-corrected chi connectivity index (χ3v) is 11.8. The molecule has 0 amide bonds. The predicted octanol–water partition coefficient (Wildman–Crippen LogP) is 12.4. The fourth-order valence-corrected chi connectivity index (χ4v) is 9.58. The van der Waals surface area contributed by atoms with E-state index in [1.165, 1.54) is 86.9 Å². The summed E-state index contributed by atoms with van der Waals surface area (Å²) in [4.78, 5) is 15.2. The van der Waals surface area contributed by atoms with Gasteiger partial charge in [0.25, 0.3) is 0 Å². The van der Waals surface area contributed by atoms with Crippen LogP contribution in [0.1, 0.15) is 43.2 Å². The van der Waals surface area contributed by atoms with E-state index in [4.69, 9.17) is 15.0 Å². The van der Waals surface area contributed by atoms with Crippen molar-refractivity contribution in [2.45, 2.75) is 37.5 Å². The van der Waals surface area contributed by atoms with E-state index in [0.29, 0.717) is 17.5 Å². The third kappa shape index (κ3) is 4.51. The Morgan fingerprint density at radius 2 is 1.04 bits per heavy atom. The number of hydrogen-bond donors (Lipinski definition) is 0. The normalized spacial score (nSPS) is 14.6. The minimum atomic E-state index is -0.0282. The fourth-order valence-electron chi connectivity index (χ4n) is 9.58. The lowest BCUT2D eigenvalue weighted by Gasteiger charge is -2.36. The van der Waals surface area contributed by atoms with Crippen LogP contribution < -0.4 is 0 Å². The number of rotatable bonds is 4. The molecule has 4 nitrogen and oxygen atoms in total. The van der Waals surface area contributed by atoms with Gasteiger partial charge in [0, 0.05) is 38.6 Å². The zero-order chi connectivity index (χ0) is 34.9. The van der Waals surface area contributed by atoms with Crippen LogP contribution >= 0.6 is 0 Å². The van der Waals surface area contributed by atoms with Crippen molar-refractivity contribution >= 4 is 32.6 Å². The zero-order valence-corrected chi connectivity index (χ0v) is 29.3. The summed E-state index contributed by atoms with van der Waals surface area (Å²) in [5.74, 6) is 1.99. The molecule has 53 heavy (non-hydrogen) atoms. The van der Waals surface area contributed by atoms with Crippen molar-refractivity contribution in [3.63, 3.8) is 0 Å². The fraction of sp³-hybridized carbons (Fsp3) is 0.122. The molecule has 4 heteroatoms. The molecular formula is C49H36N4. The summed E-state index contributed by atoms with van der Waals surface area (Å²) in [6.45, 7) is 0. The SMILES string of the molecule is c1ccc(-c2nc(-c3ccccc3)nc(-c3cccc(-n4c5ccccc5c5c6ccccc6c6c(c54)C4(CCCCC4)c4ccccc4-6)c3)n2)cc1. The molecule has 0 saturated heterocycles. The lowest BCUT2D eigenvalue weighted by molar-refractivity contribution is 0.354. The highest BCUT2D eigenvalue weighted by atomic mass is 15.0. The summed E-state index contributed by atoms with van der Waals surface area (Å²) in [6, 6.07) is 56.6. The van der Waals surface area contributed by atoms with Crippen molar-refractivity contribution in [1.29, 1.82) is 0 Å². The number of nitrogens with zero attached hydrogens (tertiary/aromatic N) is 4. The Kier molecular flexibility index (Phi) is 6.75. The van der Waals surface area contributed by atoms with Gasteiger partial charge >= 0.3 is 0 Å². The molecule has 252 valence electrons. The van der Waals surface area contributed by atoms with E-state index in [9.17, 15) is 0 Å². The number of benzene rings is 7. The highest BCUT2D eigenvalue weighted by molar-refractivity contribution is 6.27. The number of fused-ring (bicyclic) bond motifs is 12. The molecule has 9 aromatic rings. The van der Waals surface area contributed by atoms with Crippen molar-refractivity contribution in [2.24, 2.45) is 0 Å². The van der Waals surface area contributed by atoms with E-state index in [1.807, 2.05) is 36.4 Å². The molecule has 11 rings (SSSR count). The minimum absolute atomic E-state index is 0.0282. The Morgan fingerprint density at radius 1 is 0.472 bits per heavy atom. The molecule has 2 heterocycles. The number of hydrogen-bond acceptors (Lipinski definition) is 3. The van der Waals surface area contributed by atoms with Gasteiger partial charge < -0.3 is 4.57 Å². The maximum atomic E-state index is 5.11. The monoisotopic (exact) mass is 680 g/mol. The Balaban J connectivity index is 1.22. The minimum Gasteiger partial charge on any atom is -0.309 e. The maximum Gasteiger partial charge on any atom is 0.164 e. The van der Waals surface area contributed by atoms with Gasteiger partial charge in [-0.3, -0.25) is 0 Å². The van der Waals surface area contributed by atoms with Crippen LogP contribution in [0, 0.1) is 0 Å². The molecule has 0 radical (unpaired) electrons. The van der Waals surface area contributed by atoms with Crippen LogP contribution in [0.15, 0.2) is 158 Å². The lowest BCUT2D eigenvalue weighted by Crippen LogP contribution is -2.28. The Bertz CT molecular complexity index is 2810. The van der Waals surface area contributed by atoms with Crippen LogP contribution in [0.25, 0.3) is 83.6 Å². The van der Waals surface area contributed by atoms with Gasteiger partial charge in [0.1, 0.15) is 0 Å². The Labute approximate surface area is 308 Å². The molecule has 2 aliphatic rings. The van der Waals surface area contributed by atoms with Gasteiger partial charge in [0.05, 0.1) is 11.0 Å². The van der Waals surface area contributed by atoms with Crippen LogP contribution in [-0.2, 0) is 5.41 Å². The van der Waals surface area contributed by atoms with Crippen LogP contribution in [0.2, 0.25) is 0 Å². The zero-order valence-electron chi connectivity index (χ0n) is 29.3. The summed E-state index contributed by atoms with van der Waals surface area (Å²) in [5.41, 5.74) is 12.3. The van der Waals surface area contributed by atoms with Crippen molar-refractivity contribution in [3.8, 4) is 51.0 Å². The van der Waals surface area contributed by atoms with E-state index < -0.39 is 0 Å².